The van der Waals surface area contributed by atoms with Crippen molar-refractivity contribution in [3.05, 3.63) is 23.8 Å². The van der Waals surface area contributed by atoms with Gasteiger partial charge in [-0.05, 0) is 75.2 Å². The van der Waals surface area contributed by atoms with Gasteiger partial charge in [-0.1, -0.05) is 32.1 Å². The summed E-state index contributed by atoms with van der Waals surface area (Å²) in [7, 11) is 0. The maximum absolute atomic E-state index is 12.6. The fourth-order valence-corrected chi connectivity index (χ4v) is 6.35. The van der Waals surface area contributed by atoms with Gasteiger partial charge >= 0.3 is 0 Å². The lowest BCUT2D eigenvalue weighted by Gasteiger charge is -2.42. The standard InChI is InChI=1S/C25H38O5/c1-15(6-9-21(28)23(2,3)29)17-10-11-24(4)12-19-22(20(27)13-25(19,5)30)16(14-26)7-8-18(17)24/h6-7,9,14-15,17-19,21-22,28-30H,8,10-13H2,1-5H3/b9-6-,16-7-/t15-,17+,18-,19-,21-,22-,24+,25+/m0/s1. The molecule has 2 fully saturated rings. The summed E-state index contributed by atoms with van der Waals surface area (Å²) in [5.74, 6) is 0.200. The molecule has 3 aliphatic carbocycles. The zero-order valence-electron chi connectivity index (χ0n) is 19.0. The van der Waals surface area contributed by atoms with E-state index in [0.717, 1.165) is 32.0 Å². The van der Waals surface area contributed by atoms with E-state index < -0.39 is 23.2 Å². The van der Waals surface area contributed by atoms with Crippen molar-refractivity contribution in [1.82, 2.24) is 0 Å². The first-order valence-corrected chi connectivity index (χ1v) is 11.3. The molecule has 0 aromatic heterocycles. The second-order valence-electron chi connectivity index (χ2n) is 11.2. The van der Waals surface area contributed by atoms with Crippen LogP contribution in [0.15, 0.2) is 23.8 Å². The zero-order valence-corrected chi connectivity index (χ0v) is 19.0. The zero-order chi connectivity index (χ0) is 22.5. The fourth-order valence-electron chi connectivity index (χ4n) is 6.35. The molecule has 168 valence electrons. The van der Waals surface area contributed by atoms with E-state index in [1.807, 2.05) is 12.2 Å². The lowest BCUT2D eigenvalue weighted by atomic mass is 9.63. The highest BCUT2D eigenvalue weighted by Gasteiger charge is 2.56. The predicted molar refractivity (Wildman–Crippen MR) is 116 cm³/mol. The molecule has 2 saturated carbocycles. The first kappa shape index (κ1) is 23.4. The monoisotopic (exact) mass is 418 g/mol. The number of aliphatic hydroxyl groups is 3. The molecule has 3 N–H and O–H groups in total. The van der Waals surface area contributed by atoms with Crippen LogP contribution in [0.2, 0.25) is 0 Å². The van der Waals surface area contributed by atoms with Crippen molar-refractivity contribution in [2.45, 2.75) is 84.0 Å². The average Bonchev–Trinajstić information content (AvgIpc) is 3.04. The highest BCUT2D eigenvalue weighted by molar-refractivity contribution is 5.94. The molecule has 0 amide bonds. The van der Waals surface area contributed by atoms with E-state index in [4.69, 9.17) is 0 Å². The second kappa shape index (κ2) is 7.99. The Morgan fingerprint density at radius 3 is 2.50 bits per heavy atom. The summed E-state index contributed by atoms with van der Waals surface area (Å²) in [6, 6.07) is 0. The van der Waals surface area contributed by atoms with Crippen molar-refractivity contribution in [3.63, 3.8) is 0 Å². The van der Waals surface area contributed by atoms with Crippen molar-refractivity contribution in [2.24, 2.45) is 35.0 Å². The Morgan fingerprint density at radius 1 is 1.23 bits per heavy atom. The van der Waals surface area contributed by atoms with E-state index in [2.05, 4.69) is 13.8 Å². The highest BCUT2D eigenvalue weighted by Crippen LogP contribution is 2.59. The number of rotatable bonds is 5. The molecule has 0 spiro atoms. The number of hydrogen-bond acceptors (Lipinski definition) is 5. The first-order chi connectivity index (χ1) is 13.8. The minimum Gasteiger partial charge on any atom is -0.389 e. The minimum absolute atomic E-state index is 0.00985. The van der Waals surface area contributed by atoms with E-state index >= 15 is 0 Å². The van der Waals surface area contributed by atoms with Crippen LogP contribution < -0.4 is 0 Å². The Balaban J connectivity index is 1.89. The minimum atomic E-state index is -1.18. The molecule has 3 rings (SSSR count). The number of fused-ring (bicyclic) bond motifs is 2. The first-order valence-electron chi connectivity index (χ1n) is 11.3. The summed E-state index contributed by atoms with van der Waals surface area (Å²) >= 11 is 0. The summed E-state index contributed by atoms with van der Waals surface area (Å²) in [6.07, 6.45) is 9.19. The van der Waals surface area contributed by atoms with Gasteiger partial charge in [-0.15, -0.1) is 0 Å². The van der Waals surface area contributed by atoms with Crippen molar-refractivity contribution in [2.75, 3.05) is 0 Å². The normalized spacial score (nSPS) is 43.3. The van der Waals surface area contributed by atoms with E-state index in [-0.39, 0.29) is 29.5 Å². The molecular formula is C25H38O5. The number of ketones is 1. The Hall–Kier alpha value is -1.30. The van der Waals surface area contributed by atoms with Gasteiger partial charge in [0, 0.05) is 12.3 Å². The Kier molecular flexibility index (Phi) is 6.23. The largest absolute Gasteiger partial charge is 0.389 e. The van der Waals surface area contributed by atoms with Crippen LogP contribution in [0.4, 0.5) is 0 Å². The molecule has 5 heteroatoms. The van der Waals surface area contributed by atoms with E-state index in [1.165, 1.54) is 0 Å². The molecule has 8 atom stereocenters. The second-order valence-corrected chi connectivity index (χ2v) is 11.2. The van der Waals surface area contributed by atoms with Crippen LogP contribution >= 0.6 is 0 Å². The Labute approximate surface area is 180 Å². The molecule has 0 aromatic rings. The van der Waals surface area contributed by atoms with Gasteiger partial charge in [-0.3, -0.25) is 9.59 Å². The molecule has 0 saturated heterocycles. The van der Waals surface area contributed by atoms with Crippen LogP contribution in [-0.4, -0.2) is 44.7 Å². The van der Waals surface area contributed by atoms with Gasteiger partial charge in [0.25, 0.3) is 0 Å². The van der Waals surface area contributed by atoms with Crippen LogP contribution in [-0.2, 0) is 9.59 Å². The van der Waals surface area contributed by atoms with Crippen LogP contribution in [0.3, 0.4) is 0 Å². The van der Waals surface area contributed by atoms with Gasteiger partial charge in [-0.2, -0.15) is 0 Å². The fraction of sp³-hybridized carbons (Fsp3) is 0.760. The van der Waals surface area contributed by atoms with Crippen molar-refractivity contribution >= 4 is 12.1 Å². The number of aliphatic hydroxyl groups excluding tert-OH is 1. The third-order valence-corrected chi connectivity index (χ3v) is 8.33. The summed E-state index contributed by atoms with van der Waals surface area (Å²) in [5.41, 5.74) is -1.73. The van der Waals surface area contributed by atoms with E-state index in [1.54, 1.807) is 26.8 Å². The van der Waals surface area contributed by atoms with Crippen LogP contribution in [0.1, 0.15) is 66.7 Å². The molecule has 0 bridgehead atoms. The molecule has 30 heavy (non-hydrogen) atoms. The summed E-state index contributed by atoms with van der Waals surface area (Å²) in [4.78, 5) is 24.5. The lowest BCUT2D eigenvalue weighted by Crippen LogP contribution is -2.40. The van der Waals surface area contributed by atoms with Crippen molar-refractivity contribution in [3.8, 4) is 0 Å². The lowest BCUT2D eigenvalue weighted by molar-refractivity contribution is -0.121. The predicted octanol–water partition coefficient (Wildman–Crippen LogP) is 3.22. The molecule has 0 aromatic carbocycles. The van der Waals surface area contributed by atoms with Crippen LogP contribution in [0, 0.1) is 35.0 Å². The Bertz CT molecular complexity index is 743. The van der Waals surface area contributed by atoms with Gasteiger partial charge < -0.3 is 15.3 Å². The third-order valence-electron chi connectivity index (χ3n) is 8.33. The molecule has 0 radical (unpaired) electrons. The van der Waals surface area contributed by atoms with Crippen molar-refractivity contribution < 1.29 is 24.9 Å². The van der Waals surface area contributed by atoms with E-state index in [9.17, 15) is 24.9 Å². The number of carbonyl (C=O) groups excluding carboxylic acids is 2. The number of allylic oxidation sites excluding steroid dienone is 3. The van der Waals surface area contributed by atoms with Crippen LogP contribution in [0.5, 0.6) is 0 Å². The molecule has 0 aliphatic heterocycles. The number of hydrogen-bond donors (Lipinski definition) is 3. The quantitative estimate of drug-likeness (QED) is 0.471. The number of aldehydes is 1. The molecule has 3 aliphatic rings. The molecule has 0 unspecified atom stereocenters. The molecule has 0 heterocycles. The van der Waals surface area contributed by atoms with Gasteiger partial charge in [0.15, 0.2) is 0 Å². The SMILES string of the molecule is C[C@@H](/C=C\[C@H](O)C(C)(C)O)[C@H]1CC[C@]2(C)C[C@H]3[C@@H](C(=O)C[C@@]3(C)O)/C(C=O)=C\C[C@@H]12. The summed E-state index contributed by atoms with van der Waals surface area (Å²) in [5, 5.41) is 31.1. The average molecular weight is 419 g/mol. The van der Waals surface area contributed by atoms with Gasteiger partial charge in [0.2, 0.25) is 0 Å². The van der Waals surface area contributed by atoms with Crippen molar-refractivity contribution in [1.29, 1.82) is 0 Å². The van der Waals surface area contributed by atoms with Gasteiger partial charge in [0.1, 0.15) is 18.2 Å². The number of carbonyl (C=O) groups is 2. The van der Waals surface area contributed by atoms with Gasteiger partial charge in [-0.25, -0.2) is 0 Å². The summed E-state index contributed by atoms with van der Waals surface area (Å²) < 4.78 is 0. The maximum atomic E-state index is 12.6. The maximum Gasteiger partial charge on any atom is 0.146 e. The molecule has 5 nitrogen and oxygen atoms in total. The molecular weight excluding hydrogens is 380 g/mol. The van der Waals surface area contributed by atoms with E-state index in [0.29, 0.717) is 17.4 Å². The van der Waals surface area contributed by atoms with Crippen LogP contribution in [0.25, 0.3) is 0 Å². The van der Waals surface area contributed by atoms with Gasteiger partial charge in [0.05, 0.1) is 17.1 Å². The summed E-state index contributed by atoms with van der Waals surface area (Å²) in [6.45, 7) is 9.34. The number of Topliss-reactive ketones (excluding diaryl/α,β-unsaturated/α-hetero) is 1. The Morgan fingerprint density at radius 2 is 1.90 bits per heavy atom. The highest BCUT2D eigenvalue weighted by atomic mass is 16.3. The smallest absolute Gasteiger partial charge is 0.146 e. The third kappa shape index (κ3) is 4.21. The topological polar surface area (TPSA) is 94.8 Å².